The van der Waals surface area contributed by atoms with Crippen molar-refractivity contribution in [3.63, 3.8) is 0 Å². The molecule has 5 heterocycles. The van der Waals surface area contributed by atoms with Gasteiger partial charge in [-0.05, 0) is 32.0 Å². The minimum Gasteiger partial charge on any atom is -0.497 e. The molecule has 0 bridgehead atoms. The average Bonchev–Trinajstić information content (AvgIpc) is 3.72. The van der Waals surface area contributed by atoms with Gasteiger partial charge in [-0.3, -0.25) is 4.68 Å². The number of benzene rings is 1. The van der Waals surface area contributed by atoms with Crippen molar-refractivity contribution in [2.75, 3.05) is 26.6 Å². The first-order valence-electron chi connectivity index (χ1n) is 13.1. The Hall–Kier alpha value is -4.20. The lowest BCUT2D eigenvalue weighted by Gasteiger charge is -2.24. The molecule has 2 fully saturated rings. The van der Waals surface area contributed by atoms with Crippen molar-refractivity contribution in [2.45, 2.75) is 50.7 Å². The van der Waals surface area contributed by atoms with E-state index in [0.29, 0.717) is 29.5 Å². The zero-order valence-corrected chi connectivity index (χ0v) is 23.7. The molecule has 4 atom stereocenters. The summed E-state index contributed by atoms with van der Waals surface area (Å²) in [7, 11) is 6.41. The van der Waals surface area contributed by atoms with Crippen LogP contribution in [0, 0.1) is 0 Å². The quantitative estimate of drug-likeness (QED) is 0.317. The number of methoxy groups -OCH3 is 3. The Labute approximate surface area is 236 Å². The second kappa shape index (κ2) is 10.3. The van der Waals surface area contributed by atoms with Crippen molar-refractivity contribution in [3.05, 3.63) is 48.5 Å². The number of aryl methyl sites for hydroxylation is 1. The van der Waals surface area contributed by atoms with Crippen molar-refractivity contribution in [1.29, 1.82) is 0 Å². The molecule has 13 nitrogen and oxygen atoms in total. The molecule has 0 saturated carbocycles. The monoisotopic (exact) mass is 564 g/mol. The van der Waals surface area contributed by atoms with Crippen LogP contribution in [0.1, 0.15) is 25.6 Å². The van der Waals surface area contributed by atoms with Crippen LogP contribution in [0.15, 0.2) is 43.0 Å². The van der Waals surface area contributed by atoms with Crippen LogP contribution in [0.25, 0.3) is 22.3 Å². The Morgan fingerprint density at radius 2 is 1.90 bits per heavy atom. The molecule has 0 aliphatic carbocycles. The van der Waals surface area contributed by atoms with Gasteiger partial charge in [0.25, 0.3) is 0 Å². The molecule has 2 aliphatic heterocycles. The summed E-state index contributed by atoms with van der Waals surface area (Å²) in [5.74, 6) is 0.539. The molecule has 2 saturated heterocycles. The molecule has 3 aromatic heterocycles. The van der Waals surface area contributed by atoms with Crippen LogP contribution < -0.4 is 14.8 Å². The van der Waals surface area contributed by atoms with E-state index in [1.165, 1.54) is 13.4 Å². The molecule has 1 N–H and O–H groups in total. The zero-order valence-electron chi connectivity index (χ0n) is 23.7. The molecule has 6 rings (SSSR count). The van der Waals surface area contributed by atoms with E-state index in [4.69, 9.17) is 28.4 Å². The van der Waals surface area contributed by atoms with E-state index in [0.717, 1.165) is 22.2 Å². The third-order valence-corrected chi connectivity index (χ3v) is 7.28. The lowest BCUT2D eigenvalue weighted by atomic mass is 10.1. The summed E-state index contributed by atoms with van der Waals surface area (Å²) in [5, 5.41) is 8.81. The van der Waals surface area contributed by atoms with Gasteiger partial charge in [0.1, 0.15) is 41.5 Å². The number of carbonyl (C=O) groups is 1. The zero-order chi connectivity index (χ0) is 28.9. The third-order valence-electron chi connectivity index (χ3n) is 7.28. The number of nitrogens with zero attached hydrogens (tertiary/aromatic N) is 5. The van der Waals surface area contributed by atoms with Crippen LogP contribution in [-0.2, 0) is 37.3 Å². The topological polar surface area (TPSA) is 133 Å². The number of fused-ring (bicyclic) bond motifs is 2. The van der Waals surface area contributed by atoms with Gasteiger partial charge in [0, 0.05) is 43.2 Å². The van der Waals surface area contributed by atoms with Gasteiger partial charge >= 0.3 is 5.97 Å². The fourth-order valence-electron chi connectivity index (χ4n) is 5.45. The van der Waals surface area contributed by atoms with Gasteiger partial charge in [0.05, 0.1) is 32.4 Å². The Bertz CT molecular complexity index is 1600. The van der Waals surface area contributed by atoms with Crippen LogP contribution in [0.4, 0.5) is 5.82 Å². The highest BCUT2D eigenvalue weighted by molar-refractivity contribution is 6.00. The summed E-state index contributed by atoms with van der Waals surface area (Å²) in [6.45, 7) is 4.04. The van der Waals surface area contributed by atoms with Gasteiger partial charge in [-0.1, -0.05) is 0 Å². The van der Waals surface area contributed by atoms with Crippen molar-refractivity contribution in [3.8, 4) is 22.8 Å². The van der Waals surface area contributed by atoms with Gasteiger partial charge in [-0.2, -0.15) is 5.10 Å². The summed E-state index contributed by atoms with van der Waals surface area (Å²) in [6, 6.07) is 7.56. The van der Waals surface area contributed by atoms with Crippen molar-refractivity contribution in [2.24, 2.45) is 7.05 Å². The van der Waals surface area contributed by atoms with E-state index in [9.17, 15) is 4.79 Å². The molecule has 216 valence electrons. The molecule has 0 radical (unpaired) electrons. The fourth-order valence-corrected chi connectivity index (χ4v) is 5.45. The minimum absolute atomic E-state index is 0.423. The van der Waals surface area contributed by atoms with Crippen LogP contribution in [0.2, 0.25) is 0 Å². The highest BCUT2D eigenvalue weighted by Gasteiger charge is 2.58. The van der Waals surface area contributed by atoms with Gasteiger partial charge in [-0.15, -0.1) is 0 Å². The fraction of sp³-hybridized carbons (Fsp3) is 0.429. The number of rotatable bonds is 8. The molecule has 0 spiro atoms. The molecule has 0 unspecified atom stereocenters. The van der Waals surface area contributed by atoms with Gasteiger partial charge < -0.3 is 38.3 Å². The van der Waals surface area contributed by atoms with Crippen molar-refractivity contribution in [1.82, 2.24) is 24.3 Å². The Balaban J connectivity index is 1.43. The number of carbonyl (C=O) groups excluding carboxylic acids is 1. The molecule has 1 aromatic carbocycles. The predicted octanol–water partition coefficient (Wildman–Crippen LogP) is 3.05. The Kier molecular flexibility index (Phi) is 6.80. The van der Waals surface area contributed by atoms with Gasteiger partial charge in [0.2, 0.25) is 0 Å². The van der Waals surface area contributed by atoms with E-state index in [-0.39, 0.29) is 0 Å². The molecule has 13 heteroatoms. The van der Waals surface area contributed by atoms with E-state index < -0.39 is 36.3 Å². The molecule has 41 heavy (non-hydrogen) atoms. The first-order chi connectivity index (χ1) is 19.7. The highest BCUT2D eigenvalue weighted by Crippen LogP contribution is 2.46. The maximum Gasteiger partial charge on any atom is 0.337 e. The second-order valence-electron chi connectivity index (χ2n) is 10.3. The number of ether oxygens (including phenoxy) is 6. The predicted molar refractivity (Wildman–Crippen MR) is 146 cm³/mol. The van der Waals surface area contributed by atoms with Crippen LogP contribution in [-0.4, -0.2) is 75.7 Å². The smallest absolute Gasteiger partial charge is 0.337 e. The van der Waals surface area contributed by atoms with Crippen LogP contribution >= 0.6 is 0 Å². The normalized spacial score (nSPS) is 23.0. The molecule has 4 aromatic rings. The summed E-state index contributed by atoms with van der Waals surface area (Å²) < 4.78 is 38.1. The van der Waals surface area contributed by atoms with E-state index in [1.807, 2.05) is 48.3 Å². The number of aromatic nitrogens is 5. The standard InChI is InChI=1S/C28H32N6O7/c1-28(2)40-21-22(41-28)26(39-23(21)27(35)38-6)34-13-17(18-9-10-33(3)32-18)20-24(30-14-31-25(20)34)29-12-15-7-8-16(36-4)11-19(15)37-5/h7-11,13-14,21-23,26H,12H2,1-6H3,(H,29,30,31)/t21-,22+,23-,26+/m0/s1. The summed E-state index contributed by atoms with van der Waals surface area (Å²) in [4.78, 5) is 21.9. The van der Waals surface area contributed by atoms with Gasteiger partial charge in [0.15, 0.2) is 18.1 Å². The maximum atomic E-state index is 12.6. The lowest BCUT2D eigenvalue weighted by molar-refractivity contribution is -0.203. The van der Waals surface area contributed by atoms with E-state index in [1.54, 1.807) is 32.7 Å². The first-order valence-corrected chi connectivity index (χ1v) is 13.1. The number of esters is 1. The summed E-state index contributed by atoms with van der Waals surface area (Å²) in [6.07, 6.45) is 2.32. The number of hydrogen-bond acceptors (Lipinski definition) is 11. The minimum atomic E-state index is -0.963. The Morgan fingerprint density at radius 3 is 2.61 bits per heavy atom. The first kappa shape index (κ1) is 27.0. The summed E-state index contributed by atoms with van der Waals surface area (Å²) >= 11 is 0. The summed E-state index contributed by atoms with van der Waals surface area (Å²) in [5.41, 5.74) is 3.00. The molecule has 0 amide bonds. The lowest BCUT2D eigenvalue weighted by Crippen LogP contribution is -2.36. The van der Waals surface area contributed by atoms with Crippen molar-refractivity contribution < 1.29 is 33.2 Å². The SMILES string of the molecule is COC(=O)[C@H]1O[C@@H](n2cc(-c3ccn(C)n3)c3c(NCc4ccc(OC)cc4OC)ncnc32)[C@@H]2OC(C)(C)O[C@@H]21. The average molecular weight is 565 g/mol. The number of nitrogens with one attached hydrogen (secondary N) is 1. The maximum absolute atomic E-state index is 12.6. The largest absolute Gasteiger partial charge is 0.497 e. The van der Waals surface area contributed by atoms with Crippen LogP contribution in [0.3, 0.4) is 0 Å². The third kappa shape index (κ3) is 4.75. The Morgan fingerprint density at radius 1 is 1.10 bits per heavy atom. The van der Waals surface area contributed by atoms with Gasteiger partial charge in [-0.25, -0.2) is 14.8 Å². The van der Waals surface area contributed by atoms with E-state index in [2.05, 4.69) is 20.4 Å². The van der Waals surface area contributed by atoms with E-state index >= 15 is 0 Å². The molecule has 2 aliphatic rings. The van der Waals surface area contributed by atoms with Crippen LogP contribution in [0.5, 0.6) is 11.5 Å². The number of anilines is 1. The number of hydrogen-bond donors (Lipinski definition) is 1. The molecular formula is C28H32N6O7. The van der Waals surface area contributed by atoms with Crippen molar-refractivity contribution >= 4 is 22.8 Å². The second-order valence-corrected chi connectivity index (χ2v) is 10.3. The molecular weight excluding hydrogens is 532 g/mol. The highest BCUT2D eigenvalue weighted by atomic mass is 16.8.